The number of benzene rings is 1. The smallest absolute Gasteiger partial charge is 0.311 e. The molecule has 18 heavy (non-hydrogen) atoms. The Kier molecular flexibility index (Phi) is 5.06. The molecule has 0 saturated heterocycles. The molecule has 0 saturated carbocycles. The highest BCUT2D eigenvalue weighted by Crippen LogP contribution is 2.27. The molecule has 0 heterocycles. The van der Waals surface area contributed by atoms with E-state index in [4.69, 9.17) is 9.84 Å². The van der Waals surface area contributed by atoms with Crippen LogP contribution in [0, 0.1) is 10.1 Å². The van der Waals surface area contributed by atoms with Gasteiger partial charge in [-0.05, 0) is 18.1 Å². The molecule has 0 spiro atoms. The van der Waals surface area contributed by atoms with Gasteiger partial charge in [-0.1, -0.05) is 6.07 Å². The number of nitro groups is 1. The second kappa shape index (κ2) is 6.55. The number of amides is 1. The molecule has 7 heteroatoms. The van der Waals surface area contributed by atoms with E-state index in [-0.39, 0.29) is 11.4 Å². The van der Waals surface area contributed by atoms with Gasteiger partial charge in [0.2, 0.25) is 5.91 Å². The van der Waals surface area contributed by atoms with Crippen LogP contribution in [0.3, 0.4) is 0 Å². The lowest BCUT2D eigenvalue weighted by Crippen LogP contribution is -2.28. The summed E-state index contributed by atoms with van der Waals surface area (Å²) in [4.78, 5) is 21.1. The SMILES string of the molecule is COc1ccc(CCNC(=O)CO)cc1[N+](=O)[O-]. The molecule has 0 atom stereocenters. The lowest BCUT2D eigenvalue weighted by Gasteiger charge is -2.06. The molecule has 0 fully saturated rings. The maximum Gasteiger partial charge on any atom is 0.311 e. The molecular formula is C11H14N2O5. The first-order valence-corrected chi connectivity index (χ1v) is 5.27. The second-order valence-electron chi connectivity index (χ2n) is 3.52. The molecule has 2 N–H and O–H groups in total. The van der Waals surface area contributed by atoms with Crippen molar-refractivity contribution < 1.29 is 19.6 Å². The third-order valence-corrected chi connectivity index (χ3v) is 2.32. The third-order valence-electron chi connectivity index (χ3n) is 2.32. The van der Waals surface area contributed by atoms with Crippen molar-refractivity contribution in [1.29, 1.82) is 0 Å². The number of aliphatic hydroxyl groups is 1. The van der Waals surface area contributed by atoms with Gasteiger partial charge in [-0.25, -0.2) is 0 Å². The quantitative estimate of drug-likeness (QED) is 0.560. The number of rotatable bonds is 6. The van der Waals surface area contributed by atoms with Gasteiger partial charge in [-0.3, -0.25) is 14.9 Å². The van der Waals surface area contributed by atoms with Crippen LogP contribution in [0.1, 0.15) is 5.56 Å². The zero-order valence-corrected chi connectivity index (χ0v) is 9.88. The van der Waals surface area contributed by atoms with Crippen molar-refractivity contribution in [2.24, 2.45) is 0 Å². The largest absolute Gasteiger partial charge is 0.490 e. The van der Waals surface area contributed by atoms with Gasteiger partial charge in [0.05, 0.1) is 12.0 Å². The second-order valence-corrected chi connectivity index (χ2v) is 3.52. The van der Waals surface area contributed by atoms with Crippen molar-refractivity contribution in [3.05, 3.63) is 33.9 Å². The van der Waals surface area contributed by atoms with Crippen molar-refractivity contribution >= 4 is 11.6 Å². The van der Waals surface area contributed by atoms with E-state index in [1.165, 1.54) is 19.2 Å². The van der Waals surface area contributed by atoms with Gasteiger partial charge in [-0.2, -0.15) is 0 Å². The van der Waals surface area contributed by atoms with Crippen LogP contribution in [-0.4, -0.2) is 36.2 Å². The van der Waals surface area contributed by atoms with Gasteiger partial charge in [0, 0.05) is 12.6 Å². The van der Waals surface area contributed by atoms with Gasteiger partial charge >= 0.3 is 5.69 Å². The summed E-state index contributed by atoms with van der Waals surface area (Å²) >= 11 is 0. The highest BCUT2D eigenvalue weighted by atomic mass is 16.6. The number of carbonyl (C=O) groups excluding carboxylic acids is 1. The Labute approximate surface area is 104 Å². The fourth-order valence-corrected chi connectivity index (χ4v) is 1.44. The number of hydrogen-bond donors (Lipinski definition) is 2. The molecule has 0 unspecified atom stereocenters. The van der Waals surface area contributed by atoms with Crippen LogP contribution in [0.15, 0.2) is 18.2 Å². The number of carbonyl (C=O) groups is 1. The van der Waals surface area contributed by atoms with Crippen LogP contribution in [0.2, 0.25) is 0 Å². The lowest BCUT2D eigenvalue weighted by atomic mass is 10.1. The van der Waals surface area contributed by atoms with Crippen molar-refractivity contribution in [3.8, 4) is 5.75 Å². The molecule has 98 valence electrons. The molecule has 1 amide bonds. The monoisotopic (exact) mass is 254 g/mol. The van der Waals surface area contributed by atoms with E-state index in [9.17, 15) is 14.9 Å². The number of aliphatic hydroxyl groups excluding tert-OH is 1. The van der Waals surface area contributed by atoms with Crippen LogP contribution < -0.4 is 10.1 Å². The Morgan fingerprint density at radius 2 is 2.28 bits per heavy atom. The first kappa shape index (κ1) is 13.9. The van der Waals surface area contributed by atoms with Crippen LogP contribution in [0.25, 0.3) is 0 Å². The zero-order valence-electron chi connectivity index (χ0n) is 9.88. The normalized spacial score (nSPS) is 9.89. The first-order chi connectivity index (χ1) is 8.58. The number of ether oxygens (including phenoxy) is 1. The topological polar surface area (TPSA) is 102 Å². The maximum atomic E-state index is 10.8. The number of nitrogens with one attached hydrogen (secondary N) is 1. The highest BCUT2D eigenvalue weighted by Gasteiger charge is 2.14. The minimum atomic E-state index is -0.567. The van der Waals surface area contributed by atoms with Gasteiger partial charge < -0.3 is 15.2 Å². The Morgan fingerprint density at radius 3 is 2.83 bits per heavy atom. The summed E-state index contributed by atoms with van der Waals surface area (Å²) in [5.74, 6) is -0.277. The predicted octanol–water partition coefficient (Wildman–Crippen LogP) is 0.254. The van der Waals surface area contributed by atoms with Crippen LogP contribution >= 0.6 is 0 Å². The number of nitro benzene ring substituents is 1. The van der Waals surface area contributed by atoms with Gasteiger partial charge in [-0.15, -0.1) is 0 Å². The Balaban J connectivity index is 2.70. The number of hydrogen-bond acceptors (Lipinski definition) is 5. The molecule has 7 nitrogen and oxygen atoms in total. The van der Waals surface area contributed by atoms with Crippen molar-refractivity contribution in [3.63, 3.8) is 0 Å². The van der Waals surface area contributed by atoms with Crippen molar-refractivity contribution in [2.75, 3.05) is 20.3 Å². The molecule has 0 aromatic heterocycles. The molecule has 0 aliphatic carbocycles. The first-order valence-electron chi connectivity index (χ1n) is 5.27. The highest BCUT2D eigenvalue weighted by molar-refractivity contribution is 5.76. The van der Waals surface area contributed by atoms with Crippen LogP contribution in [0.5, 0.6) is 5.75 Å². The fourth-order valence-electron chi connectivity index (χ4n) is 1.44. The summed E-state index contributed by atoms with van der Waals surface area (Å²) in [7, 11) is 1.36. The Hall–Kier alpha value is -2.15. The average molecular weight is 254 g/mol. The van der Waals surface area contributed by atoms with Crippen molar-refractivity contribution in [2.45, 2.75) is 6.42 Å². The molecule has 0 bridgehead atoms. The summed E-state index contributed by atoms with van der Waals surface area (Å²) in [5, 5.41) is 21.8. The third kappa shape index (κ3) is 3.70. The van der Waals surface area contributed by atoms with E-state index in [0.717, 1.165) is 0 Å². The predicted molar refractivity (Wildman–Crippen MR) is 63.4 cm³/mol. The van der Waals surface area contributed by atoms with E-state index in [1.54, 1.807) is 6.07 Å². The van der Waals surface area contributed by atoms with E-state index < -0.39 is 17.4 Å². The summed E-state index contributed by atoms with van der Waals surface area (Å²) in [6.07, 6.45) is 0.441. The van der Waals surface area contributed by atoms with Gasteiger partial charge in [0.15, 0.2) is 5.75 Å². The summed E-state index contributed by atoms with van der Waals surface area (Å²) in [6.45, 7) is -0.258. The Bertz CT molecular complexity index is 447. The lowest BCUT2D eigenvalue weighted by molar-refractivity contribution is -0.385. The van der Waals surface area contributed by atoms with E-state index in [0.29, 0.717) is 18.5 Å². The standard InChI is InChI=1S/C11H14N2O5/c1-18-10-3-2-8(6-9(10)13(16)17)4-5-12-11(15)7-14/h2-3,6,14H,4-5,7H2,1H3,(H,12,15). The molecule has 0 aliphatic heterocycles. The molecule has 1 aromatic rings. The minimum absolute atomic E-state index is 0.108. The summed E-state index contributed by atoms with van der Waals surface area (Å²) in [6, 6.07) is 4.61. The zero-order chi connectivity index (χ0) is 13.5. The Morgan fingerprint density at radius 1 is 1.56 bits per heavy atom. The maximum absolute atomic E-state index is 10.8. The fraction of sp³-hybridized carbons (Fsp3) is 0.364. The minimum Gasteiger partial charge on any atom is -0.490 e. The molecule has 1 aromatic carbocycles. The average Bonchev–Trinajstić information content (AvgIpc) is 2.38. The van der Waals surface area contributed by atoms with E-state index in [1.807, 2.05) is 0 Å². The van der Waals surface area contributed by atoms with Crippen LogP contribution in [0.4, 0.5) is 5.69 Å². The van der Waals surface area contributed by atoms with Crippen molar-refractivity contribution in [1.82, 2.24) is 5.32 Å². The van der Waals surface area contributed by atoms with E-state index >= 15 is 0 Å². The van der Waals surface area contributed by atoms with Gasteiger partial charge in [0.25, 0.3) is 0 Å². The molecule has 0 aliphatic rings. The van der Waals surface area contributed by atoms with E-state index in [2.05, 4.69) is 5.32 Å². The molecule has 0 radical (unpaired) electrons. The molecule has 1 rings (SSSR count). The summed E-state index contributed by atoms with van der Waals surface area (Å²) < 4.78 is 4.88. The number of methoxy groups -OCH3 is 1. The van der Waals surface area contributed by atoms with Gasteiger partial charge in [0.1, 0.15) is 6.61 Å². The molecular weight excluding hydrogens is 240 g/mol. The number of nitrogens with zero attached hydrogens (tertiary/aromatic N) is 1. The van der Waals surface area contributed by atoms with Crippen LogP contribution in [-0.2, 0) is 11.2 Å². The summed E-state index contributed by atoms with van der Waals surface area (Å²) in [5.41, 5.74) is 0.601.